The first-order valence-corrected chi connectivity index (χ1v) is 7.80. The predicted molar refractivity (Wildman–Crippen MR) is 66.5 cm³/mol. The summed E-state index contributed by atoms with van der Waals surface area (Å²) in [6.45, 7) is 0. The Morgan fingerprint density at radius 2 is 1.75 bits per heavy atom. The zero-order chi connectivity index (χ0) is 11.8. The van der Waals surface area contributed by atoms with E-state index >= 15 is 0 Å². The van der Waals surface area contributed by atoms with Gasteiger partial charge in [0.2, 0.25) is 9.05 Å². The summed E-state index contributed by atoms with van der Waals surface area (Å²) in [5.41, 5.74) is 1.09. The molecule has 0 N–H and O–H groups in total. The van der Waals surface area contributed by atoms with Crippen LogP contribution < -0.4 is 0 Å². The highest BCUT2D eigenvalue weighted by Crippen LogP contribution is 2.49. The number of aryl methyl sites for hydroxylation is 1. The Hall–Kier alpha value is -0.250. The summed E-state index contributed by atoms with van der Waals surface area (Å²) in [5.74, 6) is 0. The molecule has 1 fully saturated rings. The molecule has 16 heavy (non-hydrogen) atoms. The van der Waals surface area contributed by atoms with E-state index in [-0.39, 0.29) is 0 Å². The zero-order valence-electron chi connectivity index (χ0n) is 8.62. The van der Waals surface area contributed by atoms with Crippen molar-refractivity contribution in [1.29, 1.82) is 0 Å². The van der Waals surface area contributed by atoms with Gasteiger partial charge in [-0.15, -0.1) is 0 Å². The van der Waals surface area contributed by atoms with Gasteiger partial charge in [-0.25, -0.2) is 8.42 Å². The van der Waals surface area contributed by atoms with Crippen LogP contribution in [0.4, 0.5) is 0 Å². The molecule has 5 heteroatoms. The average molecular weight is 279 g/mol. The molecular weight excluding hydrogens is 267 g/mol. The summed E-state index contributed by atoms with van der Waals surface area (Å²) >= 11 is 5.77. The molecule has 2 rings (SSSR count). The van der Waals surface area contributed by atoms with Crippen molar-refractivity contribution < 1.29 is 8.42 Å². The van der Waals surface area contributed by atoms with E-state index in [0.717, 1.165) is 12.0 Å². The normalized spacial score (nSPS) is 18.4. The molecule has 1 saturated carbocycles. The van der Waals surface area contributed by atoms with Crippen LogP contribution in [0.2, 0.25) is 5.02 Å². The van der Waals surface area contributed by atoms with E-state index in [2.05, 4.69) is 0 Å². The number of hydrogen-bond donors (Lipinski definition) is 0. The van der Waals surface area contributed by atoms with Crippen molar-refractivity contribution in [1.82, 2.24) is 0 Å². The van der Waals surface area contributed by atoms with Crippen molar-refractivity contribution in [2.45, 2.75) is 30.4 Å². The molecule has 0 aliphatic heterocycles. The lowest BCUT2D eigenvalue weighted by atomic mass is 10.1. The van der Waals surface area contributed by atoms with E-state index in [0.29, 0.717) is 24.3 Å². The Kier molecular flexibility index (Phi) is 3.21. The molecule has 0 spiro atoms. The van der Waals surface area contributed by atoms with Crippen molar-refractivity contribution in [2.24, 2.45) is 0 Å². The molecule has 0 saturated heterocycles. The van der Waals surface area contributed by atoms with Gasteiger partial charge in [-0.2, -0.15) is 0 Å². The first-order valence-electron chi connectivity index (χ1n) is 5.12. The molecule has 0 bridgehead atoms. The Morgan fingerprint density at radius 1 is 1.19 bits per heavy atom. The molecule has 0 heterocycles. The monoisotopic (exact) mass is 278 g/mol. The Bertz CT molecular complexity index is 475. The van der Waals surface area contributed by atoms with Crippen LogP contribution in [-0.4, -0.2) is 13.2 Å². The maximum absolute atomic E-state index is 11.3. The van der Waals surface area contributed by atoms with E-state index in [9.17, 15) is 8.42 Å². The fourth-order valence-corrected chi connectivity index (χ4v) is 3.53. The molecule has 0 amide bonds. The fourth-order valence-electron chi connectivity index (χ4n) is 1.78. The third-order valence-corrected chi connectivity index (χ3v) is 5.99. The van der Waals surface area contributed by atoms with E-state index in [1.807, 2.05) is 24.3 Å². The van der Waals surface area contributed by atoms with Gasteiger partial charge in [-0.05, 0) is 43.4 Å². The van der Waals surface area contributed by atoms with Crippen LogP contribution in [0.15, 0.2) is 24.3 Å². The van der Waals surface area contributed by atoms with Crippen molar-refractivity contribution in [3.63, 3.8) is 0 Å². The Balaban J connectivity index is 2.01. The van der Waals surface area contributed by atoms with E-state index < -0.39 is 13.8 Å². The number of rotatable bonds is 4. The molecule has 0 aromatic heterocycles. The standard InChI is InChI=1S/C11H12Cl2O2S/c12-10-3-1-9(2-4-10)5-6-11(7-8-11)16(13,14)15/h1-4H,5-8H2. The molecule has 1 aliphatic rings. The Morgan fingerprint density at radius 3 is 2.19 bits per heavy atom. The second kappa shape index (κ2) is 4.21. The second-order valence-corrected chi connectivity index (χ2v) is 7.64. The van der Waals surface area contributed by atoms with Crippen LogP contribution in [0, 0.1) is 0 Å². The Labute approximate surface area is 105 Å². The molecule has 88 valence electrons. The summed E-state index contributed by atoms with van der Waals surface area (Å²) in [6, 6.07) is 7.45. The van der Waals surface area contributed by atoms with Crippen LogP contribution in [-0.2, 0) is 15.5 Å². The minimum atomic E-state index is -3.42. The summed E-state index contributed by atoms with van der Waals surface area (Å²) in [5, 5.41) is 0.690. The third kappa shape index (κ3) is 2.53. The largest absolute Gasteiger partial charge is 0.238 e. The number of halogens is 2. The van der Waals surface area contributed by atoms with Gasteiger partial charge in [-0.1, -0.05) is 23.7 Å². The topological polar surface area (TPSA) is 34.1 Å². The lowest BCUT2D eigenvalue weighted by Gasteiger charge is -2.10. The third-order valence-electron chi connectivity index (χ3n) is 3.11. The van der Waals surface area contributed by atoms with Gasteiger partial charge in [-0.3, -0.25) is 0 Å². The lowest BCUT2D eigenvalue weighted by molar-refractivity contribution is 0.582. The van der Waals surface area contributed by atoms with Gasteiger partial charge >= 0.3 is 0 Å². The molecule has 2 nitrogen and oxygen atoms in total. The van der Waals surface area contributed by atoms with Crippen LogP contribution >= 0.6 is 22.3 Å². The lowest BCUT2D eigenvalue weighted by Crippen LogP contribution is -2.18. The van der Waals surface area contributed by atoms with Crippen molar-refractivity contribution >= 4 is 31.3 Å². The highest BCUT2D eigenvalue weighted by molar-refractivity contribution is 8.15. The SMILES string of the molecule is O=S(=O)(Cl)C1(CCc2ccc(Cl)cc2)CC1. The zero-order valence-corrected chi connectivity index (χ0v) is 10.9. The first kappa shape index (κ1) is 12.2. The van der Waals surface area contributed by atoms with Crippen molar-refractivity contribution in [2.75, 3.05) is 0 Å². The van der Waals surface area contributed by atoms with Gasteiger partial charge in [0, 0.05) is 15.7 Å². The second-order valence-electron chi connectivity index (χ2n) is 4.25. The summed E-state index contributed by atoms with van der Waals surface area (Å²) in [6.07, 6.45) is 2.70. The van der Waals surface area contributed by atoms with Crippen molar-refractivity contribution in [3.05, 3.63) is 34.9 Å². The fraction of sp³-hybridized carbons (Fsp3) is 0.455. The van der Waals surface area contributed by atoms with Gasteiger partial charge in [0.25, 0.3) is 0 Å². The molecule has 1 aromatic carbocycles. The number of hydrogen-bond acceptors (Lipinski definition) is 2. The first-order chi connectivity index (χ1) is 7.43. The van der Waals surface area contributed by atoms with Gasteiger partial charge in [0.05, 0.1) is 4.75 Å². The summed E-state index contributed by atoms with van der Waals surface area (Å²) in [4.78, 5) is 0. The molecular formula is C11H12Cl2O2S. The molecule has 1 aliphatic carbocycles. The van der Waals surface area contributed by atoms with Crippen molar-refractivity contribution in [3.8, 4) is 0 Å². The quantitative estimate of drug-likeness (QED) is 0.792. The smallest absolute Gasteiger partial charge is 0.212 e. The van der Waals surface area contributed by atoms with E-state index in [1.54, 1.807) is 0 Å². The molecule has 0 radical (unpaired) electrons. The molecule has 0 atom stereocenters. The van der Waals surface area contributed by atoms with Crippen LogP contribution in [0.3, 0.4) is 0 Å². The average Bonchev–Trinajstić information content (AvgIpc) is 2.97. The van der Waals surface area contributed by atoms with Crippen LogP contribution in [0.1, 0.15) is 24.8 Å². The molecule has 0 unspecified atom stereocenters. The van der Waals surface area contributed by atoms with Crippen LogP contribution in [0.5, 0.6) is 0 Å². The predicted octanol–water partition coefficient (Wildman–Crippen LogP) is 3.37. The highest BCUT2D eigenvalue weighted by atomic mass is 35.7. The summed E-state index contributed by atoms with van der Waals surface area (Å²) < 4.78 is 22.0. The summed E-state index contributed by atoms with van der Waals surface area (Å²) in [7, 11) is 2.01. The minimum absolute atomic E-state index is 0.598. The maximum atomic E-state index is 11.3. The van der Waals surface area contributed by atoms with Crippen LogP contribution in [0.25, 0.3) is 0 Å². The van der Waals surface area contributed by atoms with Gasteiger partial charge < -0.3 is 0 Å². The van der Waals surface area contributed by atoms with E-state index in [4.69, 9.17) is 22.3 Å². The van der Waals surface area contributed by atoms with Gasteiger partial charge in [0.1, 0.15) is 0 Å². The maximum Gasteiger partial charge on any atom is 0.238 e. The minimum Gasteiger partial charge on any atom is -0.212 e. The van der Waals surface area contributed by atoms with Gasteiger partial charge in [0.15, 0.2) is 0 Å². The molecule has 1 aromatic rings. The number of benzene rings is 1. The van der Waals surface area contributed by atoms with E-state index in [1.165, 1.54) is 0 Å². The highest BCUT2D eigenvalue weighted by Gasteiger charge is 2.53.